The van der Waals surface area contributed by atoms with Gasteiger partial charge < -0.3 is 9.88 Å². The van der Waals surface area contributed by atoms with Gasteiger partial charge in [0.15, 0.2) is 5.78 Å². The Balaban J connectivity index is 1.55. The summed E-state index contributed by atoms with van der Waals surface area (Å²) in [5, 5.41) is 1.28. The Labute approximate surface area is 141 Å². The lowest BCUT2D eigenvalue weighted by atomic mass is 9.97. The number of benzene rings is 2. The van der Waals surface area contributed by atoms with E-state index in [1.807, 2.05) is 30.5 Å². The zero-order valence-electron chi connectivity index (χ0n) is 13.5. The van der Waals surface area contributed by atoms with Crippen molar-refractivity contribution in [1.82, 2.24) is 9.88 Å². The number of aromatic amines is 1. The van der Waals surface area contributed by atoms with Crippen molar-refractivity contribution in [3.8, 4) is 0 Å². The summed E-state index contributed by atoms with van der Waals surface area (Å²) in [5.41, 5.74) is 3.70. The first kappa shape index (κ1) is 14.8. The maximum absolute atomic E-state index is 11.9. The fourth-order valence-electron chi connectivity index (χ4n) is 3.46. The lowest BCUT2D eigenvalue weighted by molar-refractivity contribution is -0.116. The Bertz CT molecular complexity index is 879. The lowest BCUT2D eigenvalue weighted by Gasteiger charge is -2.33. The van der Waals surface area contributed by atoms with Crippen LogP contribution in [0.3, 0.4) is 0 Å². The Morgan fingerprint density at radius 2 is 1.83 bits per heavy atom. The molecule has 0 radical (unpaired) electrons. The van der Waals surface area contributed by atoms with E-state index < -0.39 is 0 Å². The van der Waals surface area contributed by atoms with Gasteiger partial charge in [0, 0.05) is 36.3 Å². The van der Waals surface area contributed by atoms with Crippen LogP contribution in [0.2, 0.25) is 0 Å². The van der Waals surface area contributed by atoms with Crippen LogP contribution in [0.4, 0.5) is 0 Å². The van der Waals surface area contributed by atoms with Gasteiger partial charge in [0.1, 0.15) is 0 Å². The normalized spacial score (nSPS) is 17.6. The van der Waals surface area contributed by atoms with Gasteiger partial charge in [0.2, 0.25) is 0 Å². The molecule has 3 heteroatoms. The third-order valence-corrected chi connectivity index (χ3v) is 4.75. The lowest BCUT2D eigenvalue weighted by Crippen LogP contribution is -2.30. The predicted molar refractivity (Wildman–Crippen MR) is 96.7 cm³/mol. The van der Waals surface area contributed by atoms with E-state index in [4.69, 9.17) is 0 Å². The zero-order chi connectivity index (χ0) is 16.4. The molecule has 1 atom stereocenters. The molecule has 3 nitrogen and oxygen atoms in total. The van der Waals surface area contributed by atoms with E-state index in [2.05, 4.69) is 46.4 Å². The highest BCUT2D eigenvalue weighted by atomic mass is 16.1. The van der Waals surface area contributed by atoms with E-state index in [1.54, 1.807) is 6.08 Å². The summed E-state index contributed by atoms with van der Waals surface area (Å²) in [6.45, 7) is 0.894. The number of nitrogens with one attached hydrogen (secondary N) is 1. The number of H-pyrrole nitrogens is 1. The molecule has 0 saturated heterocycles. The number of carbonyl (C=O) groups is 1. The standard InChI is InChI=1S/C21H20N2O/c24-18-11-13-23(21(14-18)16-6-2-1-3-7-16)12-10-17-15-22-20-9-5-4-8-19(17)20/h1-9,11,13,15,21-22H,10,12,14H2/t21-/m0/s1. The quantitative estimate of drug-likeness (QED) is 0.781. The minimum atomic E-state index is 0.133. The van der Waals surface area contributed by atoms with Crippen molar-refractivity contribution < 1.29 is 4.79 Å². The van der Waals surface area contributed by atoms with Gasteiger partial charge in [0.05, 0.1) is 6.04 Å². The van der Waals surface area contributed by atoms with Crippen molar-refractivity contribution in [2.75, 3.05) is 6.54 Å². The van der Waals surface area contributed by atoms with Gasteiger partial charge in [-0.2, -0.15) is 0 Å². The minimum absolute atomic E-state index is 0.133. The molecule has 0 spiro atoms. The SMILES string of the molecule is O=C1C=CN(CCc2c[nH]c3ccccc23)[C@H](c2ccccc2)C1. The number of ketones is 1. The van der Waals surface area contributed by atoms with E-state index in [0.717, 1.165) is 13.0 Å². The topological polar surface area (TPSA) is 36.1 Å². The molecule has 0 amide bonds. The molecular weight excluding hydrogens is 296 g/mol. The molecule has 120 valence electrons. The van der Waals surface area contributed by atoms with Crippen molar-refractivity contribution in [2.24, 2.45) is 0 Å². The third-order valence-electron chi connectivity index (χ3n) is 4.75. The summed E-state index contributed by atoms with van der Waals surface area (Å²) < 4.78 is 0. The molecule has 2 aromatic carbocycles. The monoisotopic (exact) mass is 316 g/mol. The Morgan fingerprint density at radius 3 is 2.71 bits per heavy atom. The smallest absolute Gasteiger partial charge is 0.159 e. The van der Waals surface area contributed by atoms with Gasteiger partial charge >= 0.3 is 0 Å². The van der Waals surface area contributed by atoms with Crippen molar-refractivity contribution in [3.63, 3.8) is 0 Å². The molecule has 1 aromatic heterocycles. The number of hydrogen-bond acceptors (Lipinski definition) is 2. The maximum Gasteiger partial charge on any atom is 0.159 e. The Kier molecular flexibility index (Phi) is 3.91. The van der Waals surface area contributed by atoms with E-state index in [0.29, 0.717) is 6.42 Å². The second-order valence-electron chi connectivity index (χ2n) is 6.26. The molecule has 0 saturated carbocycles. The number of aromatic nitrogens is 1. The average Bonchev–Trinajstić information content (AvgIpc) is 3.05. The number of nitrogens with zero attached hydrogens (tertiary/aromatic N) is 1. The third kappa shape index (κ3) is 2.85. The van der Waals surface area contributed by atoms with Crippen LogP contribution in [0.15, 0.2) is 73.1 Å². The van der Waals surface area contributed by atoms with Crippen LogP contribution in [0.5, 0.6) is 0 Å². The van der Waals surface area contributed by atoms with E-state index in [9.17, 15) is 4.79 Å². The van der Waals surface area contributed by atoms with Crippen LogP contribution in [-0.4, -0.2) is 22.2 Å². The highest BCUT2D eigenvalue weighted by Crippen LogP contribution is 2.29. The Hall–Kier alpha value is -2.81. The molecule has 1 N–H and O–H groups in total. The van der Waals surface area contributed by atoms with Crippen LogP contribution in [-0.2, 0) is 11.2 Å². The van der Waals surface area contributed by atoms with Gasteiger partial charge in [-0.1, -0.05) is 48.5 Å². The van der Waals surface area contributed by atoms with Crippen LogP contribution in [0.25, 0.3) is 10.9 Å². The van der Waals surface area contributed by atoms with Gasteiger partial charge in [-0.05, 0) is 29.7 Å². The number of allylic oxidation sites excluding steroid dienone is 1. The Morgan fingerprint density at radius 1 is 1.04 bits per heavy atom. The first-order valence-electron chi connectivity index (χ1n) is 8.38. The molecule has 0 fully saturated rings. The second kappa shape index (κ2) is 6.36. The highest BCUT2D eigenvalue weighted by Gasteiger charge is 2.23. The number of hydrogen-bond donors (Lipinski definition) is 1. The summed E-state index contributed by atoms with van der Waals surface area (Å²) in [4.78, 5) is 17.5. The highest BCUT2D eigenvalue weighted by molar-refractivity contribution is 5.91. The van der Waals surface area contributed by atoms with E-state index >= 15 is 0 Å². The number of rotatable bonds is 4. The van der Waals surface area contributed by atoms with Gasteiger partial charge in [-0.15, -0.1) is 0 Å². The number of carbonyl (C=O) groups excluding carboxylic acids is 1. The molecule has 0 aliphatic carbocycles. The zero-order valence-corrected chi connectivity index (χ0v) is 13.5. The second-order valence-corrected chi connectivity index (χ2v) is 6.26. The molecule has 1 aliphatic rings. The largest absolute Gasteiger partial charge is 0.369 e. The molecule has 0 unspecified atom stereocenters. The van der Waals surface area contributed by atoms with Crippen molar-refractivity contribution in [1.29, 1.82) is 0 Å². The van der Waals surface area contributed by atoms with Gasteiger partial charge in [0.25, 0.3) is 0 Å². The van der Waals surface area contributed by atoms with E-state index in [-0.39, 0.29) is 11.8 Å². The summed E-state index contributed by atoms with van der Waals surface area (Å²) in [6.07, 6.45) is 7.26. The molecule has 24 heavy (non-hydrogen) atoms. The number of fused-ring (bicyclic) bond motifs is 1. The summed E-state index contributed by atoms with van der Waals surface area (Å²) >= 11 is 0. The molecule has 1 aliphatic heterocycles. The van der Waals surface area contributed by atoms with Crippen LogP contribution in [0.1, 0.15) is 23.6 Å². The van der Waals surface area contributed by atoms with Gasteiger partial charge in [-0.25, -0.2) is 0 Å². The fraction of sp³-hybridized carbons (Fsp3) is 0.190. The van der Waals surface area contributed by atoms with Gasteiger partial charge in [-0.3, -0.25) is 4.79 Å². The van der Waals surface area contributed by atoms with Crippen LogP contribution >= 0.6 is 0 Å². The first-order valence-corrected chi connectivity index (χ1v) is 8.38. The maximum atomic E-state index is 11.9. The summed E-state index contributed by atoms with van der Waals surface area (Å²) in [7, 11) is 0. The minimum Gasteiger partial charge on any atom is -0.369 e. The summed E-state index contributed by atoms with van der Waals surface area (Å²) in [6, 6.07) is 18.8. The van der Waals surface area contributed by atoms with Crippen LogP contribution in [0, 0.1) is 0 Å². The van der Waals surface area contributed by atoms with Crippen molar-refractivity contribution in [3.05, 3.63) is 84.2 Å². The first-order chi connectivity index (χ1) is 11.8. The fourth-order valence-corrected chi connectivity index (χ4v) is 3.46. The van der Waals surface area contributed by atoms with E-state index in [1.165, 1.54) is 22.0 Å². The van der Waals surface area contributed by atoms with Crippen molar-refractivity contribution >= 4 is 16.7 Å². The molecule has 4 rings (SSSR count). The molecular formula is C21H20N2O. The molecule has 3 aromatic rings. The summed E-state index contributed by atoms with van der Waals surface area (Å²) in [5.74, 6) is 0.201. The average molecular weight is 316 g/mol. The number of para-hydroxylation sites is 1. The van der Waals surface area contributed by atoms with Crippen molar-refractivity contribution in [2.45, 2.75) is 18.9 Å². The predicted octanol–water partition coefficient (Wildman–Crippen LogP) is 4.24. The molecule has 2 heterocycles. The van der Waals surface area contributed by atoms with Crippen LogP contribution < -0.4 is 0 Å². The molecule has 0 bridgehead atoms.